The zero-order chi connectivity index (χ0) is 13.4. The number of aliphatic hydroxyl groups excluding tert-OH is 1. The lowest BCUT2D eigenvalue weighted by Gasteiger charge is -2.29. The number of benzene rings is 1. The van der Waals surface area contributed by atoms with Gasteiger partial charge in [0.15, 0.2) is 17.6 Å². The molecular weight excluding hydrogens is 260 g/mol. The molecule has 1 N–H and O–H groups in total. The van der Waals surface area contributed by atoms with Gasteiger partial charge in [0.05, 0.1) is 0 Å². The summed E-state index contributed by atoms with van der Waals surface area (Å²) >= 11 is 1.61. The van der Waals surface area contributed by atoms with E-state index in [0.29, 0.717) is 12.4 Å². The van der Waals surface area contributed by atoms with E-state index in [2.05, 4.69) is 6.07 Å². The Morgan fingerprint density at radius 1 is 1.26 bits per heavy atom. The van der Waals surface area contributed by atoms with Gasteiger partial charge in [-0.2, -0.15) is 0 Å². The highest BCUT2D eigenvalue weighted by atomic mass is 32.1. The Morgan fingerprint density at radius 2 is 2.00 bits per heavy atom. The molecule has 0 aliphatic carbocycles. The third kappa shape index (κ3) is 2.33. The van der Waals surface area contributed by atoms with Gasteiger partial charge in [-0.15, -0.1) is 11.3 Å². The van der Waals surface area contributed by atoms with Gasteiger partial charge in [0.2, 0.25) is 0 Å². The maximum atomic E-state index is 10.5. The van der Waals surface area contributed by atoms with Crippen LogP contribution in [0.25, 0.3) is 0 Å². The molecule has 0 bridgehead atoms. The standard InChI is InChI=1S/C15H16O3S/c1-9-7-10(2)19-15(9)14(16)13-8-17-11-5-3-4-6-12(11)18-13/h3-7,13-14,16H,8H2,1-2H3. The number of thiophene rings is 1. The van der Waals surface area contributed by atoms with Gasteiger partial charge < -0.3 is 14.6 Å². The van der Waals surface area contributed by atoms with Crippen LogP contribution in [0, 0.1) is 13.8 Å². The van der Waals surface area contributed by atoms with E-state index >= 15 is 0 Å². The fourth-order valence-electron chi connectivity index (χ4n) is 2.31. The van der Waals surface area contributed by atoms with Crippen molar-refractivity contribution < 1.29 is 14.6 Å². The lowest BCUT2D eigenvalue weighted by atomic mass is 10.1. The molecular formula is C15H16O3S. The molecule has 0 radical (unpaired) electrons. The monoisotopic (exact) mass is 276 g/mol. The van der Waals surface area contributed by atoms with Gasteiger partial charge in [0, 0.05) is 9.75 Å². The van der Waals surface area contributed by atoms with Crippen molar-refractivity contribution in [3.8, 4) is 11.5 Å². The van der Waals surface area contributed by atoms with Crippen molar-refractivity contribution in [2.24, 2.45) is 0 Å². The topological polar surface area (TPSA) is 38.7 Å². The highest BCUT2D eigenvalue weighted by Gasteiger charge is 2.30. The van der Waals surface area contributed by atoms with Gasteiger partial charge in [0.25, 0.3) is 0 Å². The zero-order valence-electron chi connectivity index (χ0n) is 10.9. The predicted octanol–water partition coefficient (Wildman–Crippen LogP) is 3.24. The van der Waals surface area contributed by atoms with Gasteiger partial charge >= 0.3 is 0 Å². The van der Waals surface area contributed by atoms with Gasteiger partial charge in [0.1, 0.15) is 12.7 Å². The molecule has 1 aliphatic heterocycles. The second-order valence-electron chi connectivity index (χ2n) is 4.76. The minimum absolute atomic E-state index is 0.355. The molecule has 2 atom stereocenters. The lowest BCUT2D eigenvalue weighted by Crippen LogP contribution is -2.34. The molecule has 0 amide bonds. The van der Waals surface area contributed by atoms with Gasteiger partial charge in [-0.25, -0.2) is 0 Å². The first-order valence-corrected chi connectivity index (χ1v) is 7.10. The smallest absolute Gasteiger partial charge is 0.163 e. The Labute approximate surface area is 116 Å². The molecule has 1 aromatic heterocycles. The molecule has 2 aromatic rings. The van der Waals surface area contributed by atoms with E-state index in [1.54, 1.807) is 11.3 Å². The van der Waals surface area contributed by atoms with Crippen molar-refractivity contribution >= 4 is 11.3 Å². The van der Waals surface area contributed by atoms with E-state index in [1.807, 2.05) is 38.1 Å². The summed E-state index contributed by atoms with van der Waals surface area (Å²) in [5.74, 6) is 1.44. The maximum absolute atomic E-state index is 10.5. The van der Waals surface area contributed by atoms with Crippen molar-refractivity contribution in [2.45, 2.75) is 26.1 Å². The SMILES string of the molecule is Cc1cc(C)c(C(O)C2COc3ccccc3O2)s1. The number of aryl methyl sites for hydroxylation is 2. The van der Waals surface area contributed by atoms with E-state index in [0.717, 1.165) is 16.2 Å². The summed E-state index contributed by atoms with van der Waals surface area (Å²) in [6.45, 7) is 4.43. The number of aliphatic hydroxyl groups is 1. The van der Waals surface area contributed by atoms with Gasteiger partial charge in [-0.05, 0) is 37.6 Å². The number of para-hydroxylation sites is 2. The molecule has 100 valence electrons. The Morgan fingerprint density at radius 3 is 2.68 bits per heavy atom. The first kappa shape index (κ1) is 12.5. The third-order valence-corrected chi connectivity index (χ3v) is 4.45. The summed E-state index contributed by atoms with van der Waals surface area (Å²) in [6, 6.07) is 9.63. The van der Waals surface area contributed by atoms with Gasteiger partial charge in [-0.1, -0.05) is 12.1 Å². The second kappa shape index (κ2) is 4.87. The second-order valence-corrected chi connectivity index (χ2v) is 6.05. The first-order valence-electron chi connectivity index (χ1n) is 6.28. The minimum atomic E-state index is -0.646. The van der Waals surface area contributed by atoms with Crippen LogP contribution in [0.4, 0.5) is 0 Å². The maximum Gasteiger partial charge on any atom is 0.163 e. The Kier molecular flexibility index (Phi) is 3.21. The highest BCUT2D eigenvalue weighted by Crippen LogP contribution is 2.36. The molecule has 19 heavy (non-hydrogen) atoms. The van der Waals surface area contributed by atoms with Crippen LogP contribution in [0.5, 0.6) is 11.5 Å². The van der Waals surface area contributed by atoms with Crippen LogP contribution in [0.15, 0.2) is 30.3 Å². The largest absolute Gasteiger partial charge is 0.486 e. The molecule has 2 unspecified atom stereocenters. The Balaban J connectivity index is 1.83. The van der Waals surface area contributed by atoms with Crippen LogP contribution in [0.2, 0.25) is 0 Å². The van der Waals surface area contributed by atoms with Crippen LogP contribution in [0.3, 0.4) is 0 Å². The van der Waals surface area contributed by atoms with Crippen LogP contribution >= 0.6 is 11.3 Å². The molecule has 4 heteroatoms. The molecule has 3 rings (SSSR count). The summed E-state index contributed by atoms with van der Waals surface area (Å²) < 4.78 is 11.5. The van der Waals surface area contributed by atoms with E-state index in [4.69, 9.17) is 9.47 Å². The molecule has 0 spiro atoms. The quantitative estimate of drug-likeness (QED) is 0.915. The number of hydrogen-bond donors (Lipinski definition) is 1. The van der Waals surface area contributed by atoms with Crippen molar-refractivity contribution in [3.63, 3.8) is 0 Å². The molecule has 0 saturated carbocycles. The molecule has 1 aromatic carbocycles. The minimum Gasteiger partial charge on any atom is -0.486 e. The van der Waals surface area contributed by atoms with Crippen LogP contribution in [-0.2, 0) is 0 Å². The van der Waals surface area contributed by atoms with E-state index < -0.39 is 6.10 Å². The summed E-state index contributed by atoms with van der Waals surface area (Å²) in [7, 11) is 0. The first-order chi connectivity index (χ1) is 9.15. The van der Waals surface area contributed by atoms with Crippen molar-refractivity contribution in [3.05, 3.63) is 45.6 Å². The average Bonchev–Trinajstić information content (AvgIpc) is 2.76. The number of rotatable bonds is 2. The Hall–Kier alpha value is -1.52. The molecule has 2 heterocycles. The summed E-state index contributed by atoms with van der Waals surface area (Å²) in [5, 5.41) is 10.5. The molecule has 1 aliphatic rings. The normalized spacial score (nSPS) is 19.2. The van der Waals surface area contributed by atoms with Crippen LogP contribution in [0.1, 0.15) is 21.4 Å². The zero-order valence-corrected chi connectivity index (χ0v) is 11.7. The number of fused-ring (bicyclic) bond motifs is 1. The fraction of sp³-hybridized carbons (Fsp3) is 0.333. The van der Waals surface area contributed by atoms with E-state index in [9.17, 15) is 5.11 Å². The highest BCUT2D eigenvalue weighted by molar-refractivity contribution is 7.12. The number of ether oxygens (including phenoxy) is 2. The molecule has 0 fully saturated rings. The summed E-state index contributed by atoms with van der Waals surface area (Å²) in [5.41, 5.74) is 1.11. The Bertz CT molecular complexity index is 591. The third-order valence-electron chi connectivity index (χ3n) is 3.23. The van der Waals surface area contributed by atoms with Crippen LogP contribution < -0.4 is 9.47 Å². The average molecular weight is 276 g/mol. The van der Waals surface area contributed by atoms with Crippen molar-refractivity contribution in [1.29, 1.82) is 0 Å². The lowest BCUT2D eigenvalue weighted by molar-refractivity contribution is -0.00984. The summed E-state index contributed by atoms with van der Waals surface area (Å²) in [6.07, 6.45) is -1.00. The van der Waals surface area contributed by atoms with Crippen LogP contribution in [-0.4, -0.2) is 17.8 Å². The summed E-state index contributed by atoms with van der Waals surface area (Å²) in [4.78, 5) is 2.16. The number of hydrogen-bond acceptors (Lipinski definition) is 4. The fourth-order valence-corrected chi connectivity index (χ4v) is 3.39. The van der Waals surface area contributed by atoms with Crippen molar-refractivity contribution in [1.82, 2.24) is 0 Å². The van der Waals surface area contributed by atoms with Gasteiger partial charge in [-0.3, -0.25) is 0 Å². The van der Waals surface area contributed by atoms with E-state index in [-0.39, 0.29) is 6.10 Å². The predicted molar refractivity (Wildman–Crippen MR) is 75.1 cm³/mol. The van der Waals surface area contributed by atoms with E-state index in [1.165, 1.54) is 4.88 Å². The molecule has 0 saturated heterocycles. The molecule has 3 nitrogen and oxygen atoms in total. The van der Waals surface area contributed by atoms with Crippen molar-refractivity contribution in [2.75, 3.05) is 6.61 Å².